The number of aliphatic hydroxyl groups is 5. The zero-order valence-corrected chi connectivity index (χ0v) is 80.8. The molecule has 9 aromatic carbocycles. The van der Waals surface area contributed by atoms with Gasteiger partial charge in [0.2, 0.25) is 0 Å². The Balaban J connectivity index is 0.000000147. The molecule has 726 valence electrons. The van der Waals surface area contributed by atoms with Gasteiger partial charge in [-0.3, -0.25) is 14.8 Å². The van der Waals surface area contributed by atoms with E-state index in [0.29, 0.717) is 59.2 Å². The molecule has 0 radical (unpaired) electrons. The van der Waals surface area contributed by atoms with Crippen LogP contribution in [0.3, 0.4) is 0 Å². The Labute approximate surface area is 814 Å². The molecule has 10 aromatic rings. The minimum absolute atomic E-state index is 0. The number of morpholine rings is 1. The highest BCUT2D eigenvalue weighted by Crippen LogP contribution is 2.52. The first-order valence-electron chi connectivity index (χ1n) is 52.4. The van der Waals surface area contributed by atoms with Crippen LogP contribution in [0.5, 0.6) is 5.75 Å². The van der Waals surface area contributed by atoms with E-state index in [4.69, 9.17) is 9.47 Å². The smallest absolute Gasteiger partial charge is 0.119 e. The molecule has 15 nitrogen and oxygen atoms in total. The minimum Gasteiger partial charge on any atom is -0.497 e. The molecule has 0 spiro atoms. The number of methoxy groups -OCH3 is 1. The van der Waals surface area contributed by atoms with Crippen molar-refractivity contribution in [3.8, 4) is 5.75 Å². The van der Waals surface area contributed by atoms with E-state index in [0.717, 1.165) is 176 Å². The van der Waals surface area contributed by atoms with Crippen LogP contribution >= 0.6 is 0 Å². The summed E-state index contributed by atoms with van der Waals surface area (Å²) in [6.07, 6.45) is 25.2. The molecule has 17 aliphatic rings. The van der Waals surface area contributed by atoms with E-state index in [1.165, 1.54) is 189 Å². The molecule has 135 heavy (non-hydrogen) atoms. The maximum absolute atomic E-state index is 12.2. The Hall–Kier alpha value is -8.59. The summed E-state index contributed by atoms with van der Waals surface area (Å²) in [5, 5.41) is 59.9. The fourth-order valence-electron chi connectivity index (χ4n) is 26.5. The highest BCUT2D eigenvalue weighted by molar-refractivity contribution is 5.35. The number of pyridine rings is 1. The van der Waals surface area contributed by atoms with E-state index in [2.05, 4.69) is 246 Å². The summed E-state index contributed by atoms with van der Waals surface area (Å²) in [5.41, 5.74) is 10.7. The van der Waals surface area contributed by atoms with E-state index in [9.17, 15) is 25.5 Å². The van der Waals surface area contributed by atoms with E-state index in [1.807, 2.05) is 72.9 Å². The number of ether oxygens (including phenoxy) is 2. The second-order valence-corrected chi connectivity index (χ2v) is 42.3. The van der Waals surface area contributed by atoms with E-state index in [1.54, 1.807) is 7.11 Å². The second kappa shape index (κ2) is 46.0. The number of hydrogen-bond donors (Lipinski definition) is 5. The van der Waals surface area contributed by atoms with Gasteiger partial charge in [-0.2, -0.15) is 0 Å². The zero-order valence-electron chi connectivity index (χ0n) is 80.8. The highest BCUT2D eigenvalue weighted by Gasteiger charge is 2.53. The standard InChI is InChI=1S/C27H36N2O2.C27H36N2O.C23H29NO2.C22H27NO.C21H26N2O.5H2/c30-27(25-7-2-1-3-8-25,26-21-28-13-10-24(26)11-14-28)12-9-22-5-4-6-23(19-22)20-29-15-17-31-18-16-29;30-27(25-6-2-1-3-7-25,26-21-29-18-13-24(26)14-19-29)15-12-22-8-10-23(11-9-22)20-28-16-4-5-17-28;1-26-21-9-5-6-18(16-21)10-13-23(25,20-7-3-2-4-8-20)22-17-24-14-11-19(22)12-15-24;24-22(20-9-5-2-6-10-20,14-11-18-7-3-1-4-8-18)21-17-23-15-12-19(21)13-16-23;24-21(18-6-2-1-3-7-18,12-9-19-8-4-5-13-22-19)20-16-23-14-10-17(20)11-15-23;;;;;/h1-8,19,24,26,30H,9-18,20-21H2;1-3,6-11,24,26,30H,4-5,12-21H2;2-9,16,19,22,25H,10-15,17H2,1H3;1-10,19,21,24H,11-17H2;1-8,13,17,20,24H,9-12,14-16H2;5*1H. The molecule has 0 amide bonds. The molecule has 10 bridgehead atoms. The second-order valence-electron chi connectivity index (χ2n) is 42.3. The summed E-state index contributed by atoms with van der Waals surface area (Å²) in [7, 11) is 1.70. The number of likely N-dealkylation sites (tertiary alicyclic amines) is 1. The Morgan fingerprint density at radius 1 is 0.289 bits per heavy atom. The SMILES string of the molecule is COc1cccc(CCC(O)(c2ccccc2)C2CN3CCC2CC3)c1.OC(CCc1ccc(CN2CCCC2)cc1)(c1ccccc1)C1CN2CCC1CC2.OC(CCc1cccc(CN2CCOCC2)c1)(c1ccccc1)C1CN2CCC1CC2.OC(CCc1ccccc1)(c1ccccc1)C1CN2CCC1CC2.OC(CCc1ccccn1)(c1ccccc1)C1CN2CCC1CC2.[HH].[HH].[HH].[HH].[HH]. The Morgan fingerprint density at radius 3 is 0.904 bits per heavy atom. The number of fused-ring (bicyclic) bond motifs is 15. The third kappa shape index (κ3) is 23.9. The third-order valence-electron chi connectivity index (χ3n) is 34.5. The highest BCUT2D eigenvalue weighted by atomic mass is 16.5. The lowest BCUT2D eigenvalue weighted by Crippen LogP contribution is -2.55. The van der Waals surface area contributed by atoms with Crippen LogP contribution < -0.4 is 4.74 Å². The molecule has 0 saturated carbocycles. The average molecular weight is 1830 g/mol. The van der Waals surface area contributed by atoms with Gasteiger partial charge in [-0.1, -0.05) is 249 Å². The third-order valence-corrected chi connectivity index (χ3v) is 34.5. The first-order valence-corrected chi connectivity index (χ1v) is 52.4. The maximum atomic E-state index is 12.2. The number of hydrogen-bond acceptors (Lipinski definition) is 15. The Bertz CT molecular complexity index is 5090. The van der Waals surface area contributed by atoms with Gasteiger partial charge >= 0.3 is 0 Å². The molecular weight excluding hydrogens is 1670 g/mol. The molecule has 17 fully saturated rings. The van der Waals surface area contributed by atoms with Gasteiger partial charge in [-0.05, 0) is 335 Å². The van der Waals surface area contributed by atoms with Gasteiger partial charge < -0.3 is 59.5 Å². The molecule has 1 aromatic heterocycles. The summed E-state index contributed by atoms with van der Waals surface area (Å²) < 4.78 is 10.8. The number of benzene rings is 9. The summed E-state index contributed by atoms with van der Waals surface area (Å²) in [6, 6.07) is 94.9. The largest absolute Gasteiger partial charge is 0.497 e. The monoisotopic (exact) mass is 1830 g/mol. The van der Waals surface area contributed by atoms with Crippen LogP contribution in [-0.2, 0) is 77.9 Å². The van der Waals surface area contributed by atoms with Gasteiger partial charge in [0.05, 0.1) is 48.3 Å². The van der Waals surface area contributed by atoms with Crippen molar-refractivity contribution in [2.75, 3.05) is 145 Å². The van der Waals surface area contributed by atoms with E-state index in [-0.39, 0.29) is 7.13 Å². The van der Waals surface area contributed by atoms with Crippen molar-refractivity contribution in [1.82, 2.24) is 39.3 Å². The lowest BCUT2D eigenvalue weighted by atomic mass is 9.66. The molecular formula is C120H164N8O7. The molecule has 17 aliphatic heterocycles. The first kappa shape index (κ1) is 96.7. The number of piperidine rings is 15. The topological polar surface area (TPSA) is 155 Å². The van der Waals surface area contributed by atoms with E-state index >= 15 is 0 Å². The minimum atomic E-state index is -0.770. The van der Waals surface area contributed by atoms with Crippen LogP contribution in [0.2, 0.25) is 0 Å². The van der Waals surface area contributed by atoms with Crippen molar-refractivity contribution in [2.45, 2.75) is 182 Å². The molecule has 15 heteroatoms. The molecule has 0 aliphatic carbocycles. The number of aromatic nitrogens is 1. The Kier molecular flexibility index (Phi) is 32.9. The van der Waals surface area contributed by atoms with Crippen molar-refractivity contribution in [3.05, 3.63) is 346 Å². The first-order chi connectivity index (χ1) is 66.1. The lowest BCUT2D eigenvalue weighted by molar-refractivity contribution is -0.106. The molecule has 5 N–H and O–H groups in total. The predicted molar refractivity (Wildman–Crippen MR) is 554 cm³/mol. The lowest BCUT2D eigenvalue weighted by Gasteiger charge is -2.51. The zero-order chi connectivity index (χ0) is 92.3. The van der Waals surface area contributed by atoms with Crippen LogP contribution in [0.15, 0.2) is 279 Å². The number of rotatable bonds is 30. The van der Waals surface area contributed by atoms with Gasteiger partial charge in [0.15, 0.2) is 0 Å². The summed E-state index contributed by atoms with van der Waals surface area (Å²) >= 11 is 0. The van der Waals surface area contributed by atoms with Gasteiger partial charge in [-0.15, -0.1) is 0 Å². The van der Waals surface area contributed by atoms with Gasteiger partial charge in [-0.25, -0.2) is 0 Å². The van der Waals surface area contributed by atoms with Crippen molar-refractivity contribution in [2.24, 2.45) is 59.2 Å². The van der Waals surface area contributed by atoms with Crippen molar-refractivity contribution in [3.63, 3.8) is 0 Å². The van der Waals surface area contributed by atoms with Gasteiger partial charge in [0, 0.05) is 108 Å². The molecule has 17 saturated heterocycles. The van der Waals surface area contributed by atoms with Crippen molar-refractivity contribution < 1.29 is 42.1 Å². The molecule has 18 heterocycles. The van der Waals surface area contributed by atoms with Crippen molar-refractivity contribution >= 4 is 0 Å². The molecule has 27 rings (SSSR count). The van der Waals surface area contributed by atoms with E-state index < -0.39 is 28.0 Å². The van der Waals surface area contributed by atoms with Gasteiger partial charge in [0.25, 0.3) is 0 Å². The number of aryl methyl sites for hydroxylation is 5. The van der Waals surface area contributed by atoms with Crippen LogP contribution in [-0.4, -0.2) is 209 Å². The quantitative estimate of drug-likeness (QED) is 0.0290. The molecule has 10 atom stereocenters. The fraction of sp³-hybridized carbons (Fsp3) is 0.508. The summed E-state index contributed by atoms with van der Waals surface area (Å²) in [6.45, 7) is 25.5. The summed E-state index contributed by atoms with van der Waals surface area (Å²) in [5.74, 6) is 5.79. The fourth-order valence-corrected chi connectivity index (χ4v) is 26.5. The molecule has 10 unspecified atom stereocenters. The van der Waals surface area contributed by atoms with Gasteiger partial charge in [0.1, 0.15) is 5.75 Å². The van der Waals surface area contributed by atoms with Crippen molar-refractivity contribution in [1.29, 1.82) is 0 Å². The number of nitrogens with zero attached hydrogens (tertiary/aromatic N) is 8. The Morgan fingerprint density at radius 2 is 0.570 bits per heavy atom. The van der Waals surface area contributed by atoms with Crippen LogP contribution in [0, 0.1) is 59.2 Å². The van der Waals surface area contributed by atoms with Crippen LogP contribution in [0.4, 0.5) is 0 Å². The van der Waals surface area contributed by atoms with Crippen LogP contribution in [0.25, 0.3) is 0 Å². The predicted octanol–water partition coefficient (Wildman–Crippen LogP) is 20.3. The summed E-state index contributed by atoms with van der Waals surface area (Å²) in [4.78, 5) is 22.2. The average Bonchev–Trinajstić information content (AvgIpc) is 0.807. The van der Waals surface area contributed by atoms with Crippen LogP contribution in [0.1, 0.15) is 183 Å². The maximum Gasteiger partial charge on any atom is 0.119 e. The normalized spacial score (nSPS) is 28.2.